The number of carbonyl (C=O) groups excluding carboxylic acids is 1. The first kappa shape index (κ1) is 22.1. The molecule has 1 aliphatic heterocycles. The molecule has 11 nitrogen and oxygen atoms in total. The molecule has 4 heterocycles. The zero-order valence-corrected chi connectivity index (χ0v) is 19.7. The molecule has 0 unspecified atom stereocenters. The summed E-state index contributed by atoms with van der Waals surface area (Å²) in [5.74, 6) is 1.70. The molecule has 0 radical (unpaired) electrons. The minimum atomic E-state index is -0.224. The zero-order valence-electron chi connectivity index (χ0n) is 19.7. The molecule has 0 spiro atoms. The molecule has 184 valence electrons. The van der Waals surface area contributed by atoms with E-state index in [1.807, 2.05) is 12.3 Å². The van der Waals surface area contributed by atoms with Crippen molar-refractivity contribution in [2.75, 3.05) is 38.0 Å². The average molecular weight is 480 g/mol. The first-order valence-corrected chi connectivity index (χ1v) is 12.0. The lowest BCUT2D eigenvalue weighted by Gasteiger charge is -2.14. The van der Waals surface area contributed by atoms with Gasteiger partial charge in [-0.05, 0) is 31.4 Å². The Morgan fingerprint density at radius 1 is 1.26 bits per heavy atom. The van der Waals surface area contributed by atoms with Crippen LogP contribution in [-0.4, -0.2) is 64.6 Å². The Hall–Kier alpha value is -3.44. The van der Waals surface area contributed by atoms with Crippen LogP contribution in [0.5, 0.6) is 0 Å². The van der Waals surface area contributed by atoms with Crippen LogP contribution in [0.2, 0.25) is 0 Å². The molecular formula is C24H29N7O4. The van der Waals surface area contributed by atoms with Gasteiger partial charge in [0.25, 0.3) is 11.5 Å². The third-order valence-corrected chi connectivity index (χ3v) is 7.49. The maximum Gasteiger partial charge on any atom is 0.274 e. The van der Waals surface area contributed by atoms with Gasteiger partial charge in [0.2, 0.25) is 0 Å². The summed E-state index contributed by atoms with van der Waals surface area (Å²) in [6.07, 6.45) is 6.12. The quantitative estimate of drug-likeness (QED) is 0.469. The van der Waals surface area contributed by atoms with Crippen LogP contribution in [0, 0.1) is 11.8 Å². The molecular weight excluding hydrogens is 450 g/mol. The molecule has 35 heavy (non-hydrogen) atoms. The zero-order chi connectivity index (χ0) is 24.1. The normalized spacial score (nSPS) is 27.1. The molecule has 11 heteroatoms. The Labute approximate surface area is 201 Å². The molecule has 3 aliphatic rings. The molecule has 2 aliphatic carbocycles. The number of carbonyl (C=O) groups is 1. The number of rotatable bonds is 7. The van der Waals surface area contributed by atoms with Gasteiger partial charge in [0, 0.05) is 50.3 Å². The van der Waals surface area contributed by atoms with Crippen LogP contribution >= 0.6 is 0 Å². The summed E-state index contributed by atoms with van der Waals surface area (Å²) in [5, 5.41) is 13.7. The lowest BCUT2D eigenvalue weighted by Crippen LogP contribution is -2.33. The minimum absolute atomic E-state index is 0.0579. The Balaban J connectivity index is 1.28. The van der Waals surface area contributed by atoms with Crippen LogP contribution in [0.15, 0.2) is 35.4 Å². The fourth-order valence-corrected chi connectivity index (χ4v) is 5.51. The summed E-state index contributed by atoms with van der Waals surface area (Å²) in [4.78, 5) is 30.9. The number of hydrogen-bond donors (Lipinski definition) is 3. The molecule has 1 amide bonds. The van der Waals surface area contributed by atoms with Crippen LogP contribution < -0.4 is 21.5 Å². The van der Waals surface area contributed by atoms with Gasteiger partial charge >= 0.3 is 0 Å². The Morgan fingerprint density at radius 2 is 2.09 bits per heavy atom. The van der Waals surface area contributed by atoms with Gasteiger partial charge < -0.3 is 30.0 Å². The van der Waals surface area contributed by atoms with E-state index in [1.165, 1.54) is 6.20 Å². The Morgan fingerprint density at radius 3 is 2.83 bits per heavy atom. The van der Waals surface area contributed by atoms with Crippen molar-refractivity contribution in [1.82, 2.24) is 24.5 Å². The van der Waals surface area contributed by atoms with E-state index in [9.17, 15) is 9.59 Å². The number of pyridine rings is 1. The average Bonchev–Trinajstić information content (AvgIpc) is 3.31. The molecule has 5 atom stereocenters. The third kappa shape index (κ3) is 3.84. The number of nitrogens with zero attached hydrogens (tertiary/aromatic N) is 4. The minimum Gasteiger partial charge on any atom is -0.381 e. The van der Waals surface area contributed by atoms with Gasteiger partial charge in [0.05, 0.1) is 25.5 Å². The van der Waals surface area contributed by atoms with Gasteiger partial charge in [-0.1, -0.05) is 0 Å². The standard InChI is InChI=1S/C24H29N7O4/c1-25-20-9-19(28-18-4-3-7-30(24(18)33)21-16-11-35-12-17(16)21)29-22-15(10-26-31(20)22)23(32)27-13-5-6-14(8-13)34-2/h3-4,7,9-10,13-14,16-17,21,25H,5-6,8,11-12H2,1-2H3,(H,27,32)(H,28,29)/t13-,14-,16-,17+,21+/m1/s1. The van der Waals surface area contributed by atoms with Crippen molar-refractivity contribution in [3.05, 3.63) is 46.5 Å². The third-order valence-electron chi connectivity index (χ3n) is 7.49. The summed E-state index contributed by atoms with van der Waals surface area (Å²) < 4.78 is 14.3. The highest BCUT2D eigenvalue weighted by molar-refractivity contribution is 6.00. The largest absolute Gasteiger partial charge is 0.381 e. The fourth-order valence-electron chi connectivity index (χ4n) is 5.51. The molecule has 0 aromatic carbocycles. The van der Waals surface area contributed by atoms with Crippen molar-refractivity contribution in [2.45, 2.75) is 37.5 Å². The topological polar surface area (TPSA) is 124 Å². The number of methoxy groups -OCH3 is 1. The number of ether oxygens (including phenoxy) is 2. The molecule has 3 aromatic rings. The van der Waals surface area contributed by atoms with Gasteiger partial charge in [-0.3, -0.25) is 9.59 Å². The highest BCUT2D eigenvalue weighted by Crippen LogP contribution is 2.53. The van der Waals surface area contributed by atoms with Crippen LogP contribution in [-0.2, 0) is 9.47 Å². The van der Waals surface area contributed by atoms with Crippen LogP contribution in [0.4, 0.5) is 17.3 Å². The van der Waals surface area contributed by atoms with Crippen molar-refractivity contribution in [2.24, 2.45) is 11.8 Å². The Bertz CT molecular complexity index is 1330. The lowest BCUT2D eigenvalue weighted by atomic mass is 10.2. The number of nitrogens with one attached hydrogen (secondary N) is 3. The van der Waals surface area contributed by atoms with E-state index in [-0.39, 0.29) is 29.7 Å². The second-order valence-corrected chi connectivity index (χ2v) is 9.53. The summed E-state index contributed by atoms with van der Waals surface area (Å²) in [7, 11) is 3.47. The molecule has 2 saturated carbocycles. The van der Waals surface area contributed by atoms with Crippen molar-refractivity contribution in [3.8, 4) is 0 Å². The van der Waals surface area contributed by atoms with Gasteiger partial charge in [0.1, 0.15) is 22.9 Å². The molecule has 1 saturated heterocycles. The van der Waals surface area contributed by atoms with E-state index in [1.54, 1.807) is 35.4 Å². The molecule has 3 fully saturated rings. The molecule has 6 rings (SSSR count). The highest BCUT2D eigenvalue weighted by Gasteiger charge is 2.55. The summed E-state index contributed by atoms with van der Waals surface area (Å²) in [6.45, 7) is 1.42. The fraction of sp³-hybridized carbons (Fsp3) is 0.500. The number of amides is 1. The monoisotopic (exact) mass is 479 g/mol. The summed E-state index contributed by atoms with van der Waals surface area (Å²) >= 11 is 0. The van der Waals surface area contributed by atoms with Crippen molar-refractivity contribution in [3.63, 3.8) is 0 Å². The van der Waals surface area contributed by atoms with E-state index < -0.39 is 0 Å². The lowest BCUT2D eigenvalue weighted by molar-refractivity contribution is 0.0916. The van der Waals surface area contributed by atoms with Crippen LogP contribution in [0.1, 0.15) is 35.7 Å². The summed E-state index contributed by atoms with van der Waals surface area (Å²) in [5.41, 5.74) is 1.12. The molecule has 0 bridgehead atoms. The number of anilines is 3. The Kier molecular flexibility index (Phi) is 5.45. The predicted molar refractivity (Wildman–Crippen MR) is 129 cm³/mol. The van der Waals surface area contributed by atoms with E-state index in [0.717, 1.165) is 19.3 Å². The maximum absolute atomic E-state index is 13.2. The summed E-state index contributed by atoms with van der Waals surface area (Å²) in [6, 6.07) is 5.62. The smallest absolute Gasteiger partial charge is 0.274 e. The van der Waals surface area contributed by atoms with E-state index >= 15 is 0 Å². The van der Waals surface area contributed by atoms with Gasteiger partial charge in [-0.2, -0.15) is 9.61 Å². The van der Waals surface area contributed by atoms with E-state index in [0.29, 0.717) is 53.6 Å². The van der Waals surface area contributed by atoms with Crippen molar-refractivity contribution < 1.29 is 14.3 Å². The van der Waals surface area contributed by atoms with Crippen LogP contribution in [0.3, 0.4) is 0 Å². The first-order valence-electron chi connectivity index (χ1n) is 12.0. The number of aromatic nitrogens is 4. The second kappa shape index (κ2) is 8.65. The number of fused-ring (bicyclic) bond motifs is 2. The van der Waals surface area contributed by atoms with Gasteiger partial charge in [0.15, 0.2) is 5.65 Å². The van der Waals surface area contributed by atoms with Crippen molar-refractivity contribution in [1.29, 1.82) is 0 Å². The first-order chi connectivity index (χ1) is 17.1. The van der Waals surface area contributed by atoms with Gasteiger partial charge in [-0.25, -0.2) is 4.98 Å². The number of hydrogen-bond acceptors (Lipinski definition) is 8. The predicted octanol–water partition coefficient (Wildman–Crippen LogP) is 1.79. The molecule has 3 aromatic heterocycles. The highest BCUT2D eigenvalue weighted by atomic mass is 16.5. The van der Waals surface area contributed by atoms with E-state index in [2.05, 4.69) is 26.0 Å². The van der Waals surface area contributed by atoms with Gasteiger partial charge in [-0.15, -0.1) is 0 Å². The second-order valence-electron chi connectivity index (χ2n) is 9.53. The van der Waals surface area contributed by atoms with Crippen molar-refractivity contribution >= 4 is 28.9 Å². The van der Waals surface area contributed by atoms with Crippen LogP contribution in [0.25, 0.3) is 5.65 Å². The SMILES string of the molecule is CNc1cc(Nc2cccn([C@H]3[C@@H]4COC[C@@H]43)c2=O)nc2c(C(=O)N[C@@H]3CC[C@@H](OC)C3)cnn12. The van der Waals surface area contributed by atoms with E-state index in [4.69, 9.17) is 9.47 Å². The maximum atomic E-state index is 13.2. The molecule has 3 N–H and O–H groups in total.